The molecule has 1 rings (SSSR count). The lowest BCUT2D eigenvalue weighted by Crippen LogP contribution is -2.20. The summed E-state index contributed by atoms with van der Waals surface area (Å²) in [5.41, 5.74) is 12.2. The lowest BCUT2D eigenvalue weighted by Gasteiger charge is -2.09. The summed E-state index contributed by atoms with van der Waals surface area (Å²) in [7, 11) is 1.63. The van der Waals surface area contributed by atoms with Crippen LogP contribution >= 0.6 is 24.8 Å². The molecule has 82 valence electrons. The van der Waals surface area contributed by atoms with Gasteiger partial charge in [0.15, 0.2) is 0 Å². The molecule has 0 aliphatic heterocycles. The number of nitrogens with two attached hydrogens (primary N) is 2. The normalized spacial score (nSPS) is 10.8. The van der Waals surface area contributed by atoms with Gasteiger partial charge in [-0.25, -0.2) is 0 Å². The van der Waals surface area contributed by atoms with Crippen molar-refractivity contribution in [1.29, 1.82) is 0 Å². The topological polar surface area (TPSA) is 61.3 Å². The number of methoxy groups -OCH3 is 1. The Morgan fingerprint density at radius 2 is 2.00 bits per heavy atom. The highest BCUT2D eigenvalue weighted by Gasteiger charge is 2.03. The van der Waals surface area contributed by atoms with Gasteiger partial charge in [0, 0.05) is 12.6 Å². The summed E-state index contributed by atoms with van der Waals surface area (Å²) in [5, 5.41) is 0. The van der Waals surface area contributed by atoms with Crippen molar-refractivity contribution in [3.05, 3.63) is 29.8 Å². The second-order valence-electron chi connectivity index (χ2n) is 2.62. The fourth-order valence-electron chi connectivity index (χ4n) is 1.01. The molecule has 0 aliphatic carbocycles. The molecule has 0 unspecified atom stereocenters. The summed E-state index contributed by atoms with van der Waals surface area (Å²) >= 11 is 0. The number of hydrogen-bond donors (Lipinski definition) is 2. The fraction of sp³-hybridized carbons (Fsp3) is 0.333. The van der Waals surface area contributed by atoms with Crippen LogP contribution in [0.15, 0.2) is 24.3 Å². The average molecular weight is 239 g/mol. The van der Waals surface area contributed by atoms with Gasteiger partial charge < -0.3 is 16.2 Å². The Morgan fingerprint density at radius 3 is 2.50 bits per heavy atom. The second-order valence-corrected chi connectivity index (χ2v) is 2.62. The molecule has 0 bridgehead atoms. The number of halogens is 2. The lowest BCUT2D eigenvalue weighted by atomic mass is 10.1. The van der Waals surface area contributed by atoms with Crippen LogP contribution in [-0.2, 0) is 0 Å². The third-order valence-corrected chi connectivity index (χ3v) is 1.78. The van der Waals surface area contributed by atoms with Gasteiger partial charge in [0.05, 0.1) is 7.11 Å². The van der Waals surface area contributed by atoms with E-state index in [0.717, 1.165) is 11.3 Å². The molecule has 5 heteroatoms. The largest absolute Gasteiger partial charge is 0.497 e. The minimum Gasteiger partial charge on any atom is -0.497 e. The van der Waals surface area contributed by atoms with Crippen molar-refractivity contribution in [3.63, 3.8) is 0 Å². The van der Waals surface area contributed by atoms with Crippen molar-refractivity contribution in [2.45, 2.75) is 6.04 Å². The summed E-state index contributed by atoms with van der Waals surface area (Å²) in [6.07, 6.45) is 0. The lowest BCUT2D eigenvalue weighted by molar-refractivity contribution is 0.414. The maximum Gasteiger partial charge on any atom is 0.119 e. The van der Waals surface area contributed by atoms with Gasteiger partial charge in [-0.2, -0.15) is 0 Å². The van der Waals surface area contributed by atoms with Crippen LogP contribution < -0.4 is 16.2 Å². The van der Waals surface area contributed by atoms with Gasteiger partial charge in [-0.3, -0.25) is 0 Å². The van der Waals surface area contributed by atoms with Gasteiger partial charge in [0.1, 0.15) is 5.75 Å². The molecule has 0 amide bonds. The third-order valence-electron chi connectivity index (χ3n) is 1.78. The molecule has 1 aromatic rings. The van der Waals surface area contributed by atoms with Crippen molar-refractivity contribution in [2.75, 3.05) is 13.7 Å². The second kappa shape index (κ2) is 7.88. The zero-order valence-electron chi connectivity index (χ0n) is 7.97. The maximum atomic E-state index is 5.74. The Balaban J connectivity index is 0. The van der Waals surface area contributed by atoms with E-state index in [-0.39, 0.29) is 30.9 Å². The van der Waals surface area contributed by atoms with Crippen LogP contribution in [0.1, 0.15) is 11.6 Å². The molecule has 1 atom stereocenters. The van der Waals surface area contributed by atoms with E-state index in [0.29, 0.717) is 6.54 Å². The smallest absolute Gasteiger partial charge is 0.119 e. The first kappa shape index (κ1) is 16.0. The number of hydrogen-bond acceptors (Lipinski definition) is 3. The van der Waals surface area contributed by atoms with E-state index < -0.39 is 0 Å². The molecule has 3 nitrogen and oxygen atoms in total. The predicted molar refractivity (Wildman–Crippen MR) is 63.5 cm³/mol. The van der Waals surface area contributed by atoms with E-state index in [2.05, 4.69) is 0 Å². The maximum absolute atomic E-state index is 5.74. The van der Waals surface area contributed by atoms with Crippen LogP contribution in [0.3, 0.4) is 0 Å². The van der Waals surface area contributed by atoms with Crippen molar-refractivity contribution < 1.29 is 4.74 Å². The standard InChI is InChI=1S/C9H14N2O.2ClH/c1-12-8-4-2-3-7(5-8)9(11)6-10;;/h2-5,9H,6,10-11H2,1H3;2*1H/t9-;;/m1../s1. The van der Waals surface area contributed by atoms with Gasteiger partial charge in [-0.15, -0.1) is 24.8 Å². The highest BCUT2D eigenvalue weighted by atomic mass is 35.5. The average Bonchev–Trinajstić information content (AvgIpc) is 2.17. The molecule has 4 N–H and O–H groups in total. The molecule has 0 aromatic heterocycles. The quantitative estimate of drug-likeness (QED) is 0.840. The Morgan fingerprint density at radius 1 is 1.36 bits per heavy atom. The first-order valence-corrected chi connectivity index (χ1v) is 3.87. The Bertz CT molecular complexity index is 258. The summed E-state index contributed by atoms with van der Waals surface area (Å²) in [6, 6.07) is 7.54. The van der Waals surface area contributed by atoms with Gasteiger partial charge >= 0.3 is 0 Å². The molecular formula is C9H16Cl2N2O. The van der Waals surface area contributed by atoms with Crippen LogP contribution in [0.5, 0.6) is 5.75 Å². The predicted octanol–water partition coefficient (Wildman–Crippen LogP) is 1.50. The van der Waals surface area contributed by atoms with Crippen molar-refractivity contribution in [2.24, 2.45) is 11.5 Å². The minimum atomic E-state index is -0.0971. The van der Waals surface area contributed by atoms with Gasteiger partial charge in [-0.1, -0.05) is 12.1 Å². The number of benzene rings is 1. The summed E-state index contributed by atoms with van der Waals surface area (Å²) in [5.74, 6) is 0.816. The molecule has 1 aromatic carbocycles. The molecular weight excluding hydrogens is 223 g/mol. The Kier molecular flexibility index (Phi) is 8.99. The van der Waals surface area contributed by atoms with E-state index in [1.54, 1.807) is 7.11 Å². The van der Waals surface area contributed by atoms with Crippen LogP contribution in [0.4, 0.5) is 0 Å². The Hall–Kier alpha value is -0.480. The van der Waals surface area contributed by atoms with Crippen LogP contribution in [0.25, 0.3) is 0 Å². The Labute approximate surface area is 96.6 Å². The fourth-order valence-corrected chi connectivity index (χ4v) is 1.01. The van der Waals surface area contributed by atoms with Crippen molar-refractivity contribution in [1.82, 2.24) is 0 Å². The highest BCUT2D eigenvalue weighted by Crippen LogP contribution is 2.16. The zero-order chi connectivity index (χ0) is 8.97. The SMILES string of the molecule is COc1cccc([C@H](N)CN)c1.Cl.Cl. The molecule has 0 saturated heterocycles. The monoisotopic (exact) mass is 238 g/mol. The summed E-state index contributed by atoms with van der Waals surface area (Å²) in [4.78, 5) is 0. The summed E-state index contributed by atoms with van der Waals surface area (Å²) in [6.45, 7) is 0.452. The molecule has 0 aliphatic rings. The number of rotatable bonds is 3. The first-order chi connectivity index (χ1) is 5.77. The molecule has 0 fully saturated rings. The first-order valence-electron chi connectivity index (χ1n) is 3.87. The highest BCUT2D eigenvalue weighted by molar-refractivity contribution is 5.85. The summed E-state index contributed by atoms with van der Waals surface area (Å²) < 4.78 is 5.05. The molecule has 0 saturated carbocycles. The molecule has 0 spiro atoms. The van der Waals surface area contributed by atoms with Crippen LogP contribution in [0, 0.1) is 0 Å². The van der Waals surface area contributed by atoms with Gasteiger partial charge in [0.2, 0.25) is 0 Å². The van der Waals surface area contributed by atoms with E-state index in [9.17, 15) is 0 Å². The zero-order valence-corrected chi connectivity index (χ0v) is 9.61. The molecule has 0 radical (unpaired) electrons. The van der Waals surface area contributed by atoms with E-state index in [4.69, 9.17) is 16.2 Å². The van der Waals surface area contributed by atoms with Gasteiger partial charge in [-0.05, 0) is 17.7 Å². The van der Waals surface area contributed by atoms with E-state index >= 15 is 0 Å². The minimum absolute atomic E-state index is 0. The van der Waals surface area contributed by atoms with Crippen LogP contribution in [-0.4, -0.2) is 13.7 Å². The van der Waals surface area contributed by atoms with E-state index in [1.807, 2.05) is 24.3 Å². The van der Waals surface area contributed by atoms with E-state index in [1.165, 1.54) is 0 Å². The van der Waals surface area contributed by atoms with Gasteiger partial charge in [0.25, 0.3) is 0 Å². The van der Waals surface area contributed by atoms with Crippen molar-refractivity contribution in [3.8, 4) is 5.75 Å². The molecule has 0 heterocycles. The molecule has 14 heavy (non-hydrogen) atoms. The van der Waals surface area contributed by atoms with Crippen LogP contribution in [0.2, 0.25) is 0 Å². The van der Waals surface area contributed by atoms with Crippen molar-refractivity contribution >= 4 is 24.8 Å². The third kappa shape index (κ3) is 4.15. The number of ether oxygens (including phenoxy) is 1.